The second-order valence-corrected chi connectivity index (χ2v) is 8.18. The highest BCUT2D eigenvalue weighted by Gasteiger charge is 2.11. The van der Waals surface area contributed by atoms with E-state index >= 15 is 0 Å². The third-order valence-corrected chi connectivity index (χ3v) is 6.46. The monoisotopic (exact) mass is 396 g/mol. The molecule has 2 nitrogen and oxygen atoms in total. The SMILES string of the molecule is CSc1sccc1-c1csc(Nc2ccc(C)cc2Br)n1. The molecule has 1 N–H and O–H groups in total. The summed E-state index contributed by atoms with van der Waals surface area (Å²) in [6.45, 7) is 2.08. The van der Waals surface area contributed by atoms with E-state index in [1.807, 2.05) is 0 Å². The molecule has 0 fully saturated rings. The first-order chi connectivity index (χ1) is 10.2. The molecule has 2 heterocycles. The lowest BCUT2D eigenvalue weighted by Gasteiger charge is -2.06. The van der Waals surface area contributed by atoms with Crippen LogP contribution in [0.5, 0.6) is 0 Å². The first-order valence-corrected chi connectivity index (χ1v) is 10.1. The first-order valence-electron chi connectivity index (χ1n) is 6.28. The number of thiophene rings is 1. The molecule has 6 heteroatoms. The van der Waals surface area contributed by atoms with Gasteiger partial charge in [0.2, 0.25) is 0 Å². The second-order valence-electron chi connectivity index (χ2n) is 4.47. The first kappa shape index (κ1) is 15.1. The maximum Gasteiger partial charge on any atom is 0.187 e. The van der Waals surface area contributed by atoms with Crippen molar-refractivity contribution in [2.45, 2.75) is 11.1 Å². The van der Waals surface area contributed by atoms with Gasteiger partial charge in [0.1, 0.15) is 0 Å². The number of aromatic nitrogens is 1. The number of hydrogen-bond acceptors (Lipinski definition) is 5. The van der Waals surface area contributed by atoms with Gasteiger partial charge in [-0.05, 0) is 58.3 Å². The van der Waals surface area contributed by atoms with Gasteiger partial charge in [0, 0.05) is 15.4 Å². The van der Waals surface area contributed by atoms with Crippen LogP contribution in [0, 0.1) is 6.92 Å². The molecule has 0 spiro atoms. The summed E-state index contributed by atoms with van der Waals surface area (Å²) in [6.07, 6.45) is 2.10. The maximum atomic E-state index is 4.70. The highest BCUT2D eigenvalue weighted by molar-refractivity contribution is 9.10. The van der Waals surface area contributed by atoms with Crippen molar-refractivity contribution < 1.29 is 0 Å². The number of aryl methyl sites for hydroxylation is 1. The molecule has 0 atom stereocenters. The average molecular weight is 397 g/mol. The molecule has 3 rings (SSSR count). The Morgan fingerprint density at radius 1 is 1.24 bits per heavy atom. The standard InChI is InChI=1S/C15H13BrN2S3/c1-9-3-4-12(11(16)7-9)17-15-18-13(8-21-15)10-5-6-20-14(10)19-2/h3-8H,1-2H3,(H,17,18). The minimum atomic E-state index is 0.910. The van der Waals surface area contributed by atoms with Crippen molar-refractivity contribution in [3.63, 3.8) is 0 Å². The highest BCUT2D eigenvalue weighted by atomic mass is 79.9. The highest BCUT2D eigenvalue weighted by Crippen LogP contribution is 2.37. The van der Waals surface area contributed by atoms with Gasteiger partial charge in [-0.1, -0.05) is 6.07 Å². The van der Waals surface area contributed by atoms with Gasteiger partial charge in [-0.25, -0.2) is 4.98 Å². The Kier molecular flexibility index (Phi) is 4.69. The Labute approximate surface area is 144 Å². The van der Waals surface area contributed by atoms with Crippen LogP contribution in [0.15, 0.2) is 43.7 Å². The van der Waals surface area contributed by atoms with Gasteiger partial charge < -0.3 is 5.32 Å². The Morgan fingerprint density at radius 2 is 2.10 bits per heavy atom. The molecule has 0 amide bonds. The largest absolute Gasteiger partial charge is 0.331 e. The van der Waals surface area contributed by atoms with Crippen LogP contribution in [0.1, 0.15) is 5.56 Å². The lowest BCUT2D eigenvalue weighted by atomic mass is 10.2. The predicted molar refractivity (Wildman–Crippen MR) is 99.4 cm³/mol. The molecule has 0 aliphatic rings. The molecule has 0 radical (unpaired) electrons. The molecular weight excluding hydrogens is 384 g/mol. The second kappa shape index (κ2) is 6.52. The normalized spacial score (nSPS) is 10.8. The molecule has 0 saturated heterocycles. The average Bonchev–Trinajstić information content (AvgIpc) is 3.10. The lowest BCUT2D eigenvalue weighted by Crippen LogP contribution is -1.91. The van der Waals surface area contributed by atoms with Crippen molar-refractivity contribution in [2.24, 2.45) is 0 Å². The molecule has 0 unspecified atom stereocenters. The van der Waals surface area contributed by atoms with Crippen LogP contribution in [0.3, 0.4) is 0 Å². The van der Waals surface area contributed by atoms with Gasteiger partial charge in [-0.15, -0.1) is 34.4 Å². The van der Waals surface area contributed by atoms with Crippen molar-refractivity contribution in [1.82, 2.24) is 4.98 Å². The zero-order valence-electron chi connectivity index (χ0n) is 11.5. The topological polar surface area (TPSA) is 24.9 Å². The molecule has 0 aliphatic heterocycles. The molecule has 0 aliphatic carbocycles. The van der Waals surface area contributed by atoms with Crippen molar-refractivity contribution in [3.8, 4) is 11.3 Å². The van der Waals surface area contributed by atoms with E-state index in [0.29, 0.717) is 0 Å². The lowest BCUT2D eigenvalue weighted by molar-refractivity contribution is 1.36. The van der Waals surface area contributed by atoms with Crippen molar-refractivity contribution in [1.29, 1.82) is 0 Å². The van der Waals surface area contributed by atoms with Gasteiger partial charge in [0.15, 0.2) is 5.13 Å². The zero-order valence-corrected chi connectivity index (χ0v) is 15.5. The third-order valence-electron chi connectivity index (χ3n) is 2.96. The number of thiazole rings is 1. The predicted octanol–water partition coefficient (Wildman–Crippen LogP) is 6.41. The third kappa shape index (κ3) is 3.34. The van der Waals surface area contributed by atoms with Gasteiger partial charge in [0.05, 0.1) is 15.6 Å². The van der Waals surface area contributed by atoms with Crippen LogP contribution in [-0.4, -0.2) is 11.2 Å². The molecule has 2 aromatic heterocycles. The van der Waals surface area contributed by atoms with Gasteiger partial charge in [-0.2, -0.15) is 0 Å². The van der Waals surface area contributed by atoms with E-state index in [4.69, 9.17) is 4.98 Å². The maximum absolute atomic E-state index is 4.70. The van der Waals surface area contributed by atoms with Crippen molar-refractivity contribution in [2.75, 3.05) is 11.6 Å². The fourth-order valence-electron chi connectivity index (χ4n) is 1.93. The molecule has 1 aromatic carbocycles. The summed E-state index contributed by atoms with van der Waals surface area (Å²) in [6, 6.07) is 8.39. The van der Waals surface area contributed by atoms with E-state index in [-0.39, 0.29) is 0 Å². The number of halogens is 1. The van der Waals surface area contributed by atoms with E-state index in [2.05, 4.69) is 69.5 Å². The van der Waals surface area contributed by atoms with Gasteiger partial charge in [0.25, 0.3) is 0 Å². The number of rotatable bonds is 4. The summed E-state index contributed by atoms with van der Waals surface area (Å²) in [4.78, 5) is 4.70. The number of anilines is 2. The Balaban J connectivity index is 1.85. The molecule has 0 bridgehead atoms. The van der Waals surface area contributed by atoms with Crippen LogP contribution >= 0.6 is 50.4 Å². The van der Waals surface area contributed by atoms with Crippen LogP contribution in [0.25, 0.3) is 11.3 Å². The van der Waals surface area contributed by atoms with Crippen LogP contribution in [0.2, 0.25) is 0 Å². The molecular formula is C15H13BrN2S3. The van der Waals surface area contributed by atoms with Crippen molar-refractivity contribution >= 4 is 61.2 Å². The molecule has 0 saturated carbocycles. The van der Waals surface area contributed by atoms with Gasteiger partial charge in [-0.3, -0.25) is 0 Å². The smallest absolute Gasteiger partial charge is 0.187 e. The van der Waals surface area contributed by atoms with Crippen LogP contribution in [-0.2, 0) is 0 Å². The summed E-state index contributed by atoms with van der Waals surface area (Å²) in [5, 5.41) is 8.50. The molecule has 108 valence electrons. The molecule has 3 aromatic rings. The minimum absolute atomic E-state index is 0.910. The van der Waals surface area contributed by atoms with E-state index in [0.717, 1.165) is 21.0 Å². The van der Waals surface area contributed by atoms with Gasteiger partial charge >= 0.3 is 0 Å². The van der Waals surface area contributed by atoms with Crippen LogP contribution < -0.4 is 5.32 Å². The van der Waals surface area contributed by atoms with E-state index in [1.54, 1.807) is 34.4 Å². The fraction of sp³-hybridized carbons (Fsp3) is 0.133. The number of nitrogens with one attached hydrogen (secondary N) is 1. The summed E-state index contributed by atoms with van der Waals surface area (Å²) >= 11 is 8.74. The Bertz CT molecular complexity index is 764. The fourth-order valence-corrected chi connectivity index (χ4v) is 4.82. The summed E-state index contributed by atoms with van der Waals surface area (Å²) < 4.78 is 2.36. The van der Waals surface area contributed by atoms with E-state index < -0.39 is 0 Å². The Hall–Kier alpha value is -0.820. The summed E-state index contributed by atoms with van der Waals surface area (Å²) in [7, 11) is 0. The number of benzene rings is 1. The number of thioether (sulfide) groups is 1. The van der Waals surface area contributed by atoms with Crippen LogP contribution in [0.4, 0.5) is 10.8 Å². The quantitative estimate of drug-likeness (QED) is 0.515. The van der Waals surface area contributed by atoms with E-state index in [1.165, 1.54) is 15.3 Å². The zero-order chi connectivity index (χ0) is 14.8. The number of nitrogens with zero attached hydrogens (tertiary/aromatic N) is 1. The minimum Gasteiger partial charge on any atom is -0.331 e. The van der Waals surface area contributed by atoms with E-state index in [9.17, 15) is 0 Å². The summed E-state index contributed by atoms with van der Waals surface area (Å²) in [5.41, 5.74) is 4.53. The Morgan fingerprint density at radius 3 is 2.86 bits per heavy atom. The van der Waals surface area contributed by atoms with Crippen molar-refractivity contribution in [3.05, 3.63) is 45.1 Å². The molecule has 21 heavy (non-hydrogen) atoms. The summed E-state index contributed by atoms with van der Waals surface area (Å²) in [5.74, 6) is 0. The number of hydrogen-bond donors (Lipinski definition) is 1.